The first-order valence-electron chi connectivity index (χ1n) is 5.21. The van der Waals surface area contributed by atoms with E-state index in [1.807, 2.05) is 0 Å². The van der Waals surface area contributed by atoms with Gasteiger partial charge in [-0.1, -0.05) is 0 Å². The van der Waals surface area contributed by atoms with Crippen LogP contribution in [-0.4, -0.2) is 38.5 Å². The number of likely N-dealkylation sites (N-methyl/N-ethyl adjacent to an activating group) is 1. The molecule has 8 heteroatoms. The molecule has 0 aliphatic rings. The van der Waals surface area contributed by atoms with Gasteiger partial charge < -0.3 is 10.3 Å². The molecule has 3 N–H and O–H groups in total. The van der Waals surface area contributed by atoms with E-state index < -0.39 is 10.0 Å². The second kappa shape index (κ2) is 6.14. The van der Waals surface area contributed by atoms with E-state index in [9.17, 15) is 8.42 Å². The van der Waals surface area contributed by atoms with Crippen LogP contribution in [0.4, 0.5) is 0 Å². The highest BCUT2D eigenvalue weighted by Crippen LogP contribution is 2.20. The van der Waals surface area contributed by atoms with E-state index >= 15 is 0 Å². The summed E-state index contributed by atoms with van der Waals surface area (Å²) in [5.74, 6) is 0. The number of hydrogen-bond acceptors (Lipinski definition) is 4. The number of sulfonamides is 1. The average molecular weight is 291 g/mol. The molecule has 0 aromatic carbocycles. The molecule has 0 radical (unpaired) electrons. The fraction of sp³-hybridized carbons (Fsp3) is 0.300. The van der Waals surface area contributed by atoms with Gasteiger partial charge in [0.1, 0.15) is 10.5 Å². The Morgan fingerprint density at radius 2 is 2.17 bits per heavy atom. The fourth-order valence-electron chi connectivity index (χ4n) is 1.54. The van der Waals surface area contributed by atoms with Crippen molar-refractivity contribution in [3.8, 4) is 0 Å². The van der Waals surface area contributed by atoms with Crippen LogP contribution in [0.2, 0.25) is 0 Å². The smallest absolute Gasteiger partial charge is 0.242 e. The van der Waals surface area contributed by atoms with E-state index in [0.717, 1.165) is 0 Å². The molecule has 6 nitrogen and oxygen atoms in total. The third-order valence-corrected chi connectivity index (χ3v) is 3.87. The van der Waals surface area contributed by atoms with Crippen LogP contribution in [0, 0.1) is 0 Å². The minimum Gasteiger partial charge on any atom is -0.345 e. The predicted molar refractivity (Wildman–Crippen MR) is 72.5 cm³/mol. The maximum Gasteiger partial charge on any atom is 0.242 e. The summed E-state index contributed by atoms with van der Waals surface area (Å²) in [7, 11) is -1.71. The third kappa shape index (κ3) is 2.99. The van der Waals surface area contributed by atoms with Crippen molar-refractivity contribution in [2.24, 2.45) is 0 Å². The van der Waals surface area contributed by atoms with Crippen molar-refractivity contribution >= 4 is 33.5 Å². The normalized spacial score (nSPS) is 11.4. The molecule has 2 aromatic rings. The van der Waals surface area contributed by atoms with Gasteiger partial charge in [-0.05, 0) is 19.2 Å². The van der Waals surface area contributed by atoms with Crippen molar-refractivity contribution in [3.05, 3.63) is 24.5 Å². The van der Waals surface area contributed by atoms with Gasteiger partial charge in [0.05, 0.1) is 0 Å². The van der Waals surface area contributed by atoms with Gasteiger partial charge in [-0.3, -0.25) is 0 Å². The van der Waals surface area contributed by atoms with Crippen LogP contribution < -0.4 is 10.0 Å². The summed E-state index contributed by atoms with van der Waals surface area (Å²) < 4.78 is 26.5. The number of pyridine rings is 1. The Bertz CT molecular complexity index is 611. The van der Waals surface area contributed by atoms with Gasteiger partial charge >= 0.3 is 0 Å². The van der Waals surface area contributed by atoms with E-state index in [1.165, 1.54) is 6.20 Å². The van der Waals surface area contributed by atoms with Crippen LogP contribution in [-0.2, 0) is 10.0 Å². The zero-order chi connectivity index (χ0) is 12.3. The molecule has 0 bridgehead atoms. The molecule has 2 rings (SSSR count). The van der Waals surface area contributed by atoms with Gasteiger partial charge in [0.15, 0.2) is 0 Å². The van der Waals surface area contributed by atoms with Crippen LogP contribution in [0.3, 0.4) is 0 Å². The molecule has 0 amide bonds. The maximum atomic E-state index is 12.0. The molecular formula is C10H15ClN4O2S. The molecule has 0 atom stereocenters. The highest BCUT2D eigenvalue weighted by molar-refractivity contribution is 7.89. The van der Waals surface area contributed by atoms with Crippen LogP contribution in [0.25, 0.3) is 11.0 Å². The zero-order valence-electron chi connectivity index (χ0n) is 9.80. The summed E-state index contributed by atoms with van der Waals surface area (Å²) >= 11 is 0. The van der Waals surface area contributed by atoms with E-state index in [0.29, 0.717) is 24.1 Å². The molecule has 2 aromatic heterocycles. The number of aromatic nitrogens is 2. The molecule has 0 saturated heterocycles. The number of H-pyrrole nitrogens is 1. The number of fused-ring (bicyclic) bond motifs is 1. The Hall–Kier alpha value is -1.15. The molecule has 18 heavy (non-hydrogen) atoms. The molecular weight excluding hydrogens is 276 g/mol. The highest BCUT2D eigenvalue weighted by Gasteiger charge is 2.18. The minimum absolute atomic E-state index is 0. The monoisotopic (exact) mass is 290 g/mol. The standard InChI is InChI=1S/C10H14N4O2S.ClH/c1-11-5-6-14-17(15,16)9-7-13-10-8(9)3-2-4-12-10;/h2-4,7,11,14H,5-6H2,1H3,(H,12,13);1H. The quantitative estimate of drug-likeness (QED) is 0.699. The van der Waals surface area contributed by atoms with Gasteiger partial charge in [0.2, 0.25) is 10.0 Å². The topological polar surface area (TPSA) is 86.9 Å². The Morgan fingerprint density at radius 1 is 1.39 bits per heavy atom. The second-order valence-corrected chi connectivity index (χ2v) is 5.29. The molecule has 0 spiro atoms. The predicted octanol–water partition coefficient (Wildman–Crippen LogP) is 0.482. The average Bonchev–Trinajstić information content (AvgIpc) is 2.73. The first-order valence-corrected chi connectivity index (χ1v) is 6.70. The van der Waals surface area contributed by atoms with Crippen molar-refractivity contribution in [1.82, 2.24) is 20.0 Å². The Balaban J connectivity index is 0.00000162. The van der Waals surface area contributed by atoms with Gasteiger partial charge in [-0.15, -0.1) is 12.4 Å². The van der Waals surface area contributed by atoms with Gasteiger partial charge in [0.25, 0.3) is 0 Å². The molecule has 0 fully saturated rings. The van der Waals surface area contributed by atoms with Crippen molar-refractivity contribution in [3.63, 3.8) is 0 Å². The van der Waals surface area contributed by atoms with Crippen LogP contribution in [0.5, 0.6) is 0 Å². The fourth-order valence-corrected chi connectivity index (χ4v) is 2.74. The molecule has 0 aliphatic heterocycles. The largest absolute Gasteiger partial charge is 0.345 e. The molecule has 0 aliphatic carbocycles. The van der Waals surface area contributed by atoms with Crippen molar-refractivity contribution in [1.29, 1.82) is 0 Å². The molecule has 2 heterocycles. The van der Waals surface area contributed by atoms with Gasteiger partial charge in [0, 0.05) is 30.9 Å². The van der Waals surface area contributed by atoms with Crippen LogP contribution in [0.1, 0.15) is 0 Å². The lowest BCUT2D eigenvalue weighted by atomic mass is 10.3. The maximum absolute atomic E-state index is 12.0. The number of nitrogens with zero attached hydrogens (tertiary/aromatic N) is 1. The van der Waals surface area contributed by atoms with Crippen molar-refractivity contribution < 1.29 is 8.42 Å². The van der Waals surface area contributed by atoms with Crippen molar-refractivity contribution in [2.75, 3.05) is 20.1 Å². The summed E-state index contributed by atoms with van der Waals surface area (Å²) in [5.41, 5.74) is 0.571. The van der Waals surface area contributed by atoms with E-state index in [4.69, 9.17) is 0 Å². The summed E-state index contributed by atoms with van der Waals surface area (Å²) in [6, 6.07) is 3.44. The van der Waals surface area contributed by atoms with Gasteiger partial charge in [-0.25, -0.2) is 18.1 Å². The first kappa shape index (κ1) is 14.9. The van der Waals surface area contributed by atoms with E-state index in [-0.39, 0.29) is 17.3 Å². The Kier molecular flexibility index (Phi) is 5.09. The number of hydrogen-bond donors (Lipinski definition) is 3. The van der Waals surface area contributed by atoms with E-state index in [2.05, 4.69) is 20.0 Å². The lowest BCUT2D eigenvalue weighted by molar-refractivity contribution is 0.580. The summed E-state index contributed by atoms with van der Waals surface area (Å²) in [6.07, 6.45) is 3.07. The Morgan fingerprint density at radius 3 is 2.89 bits per heavy atom. The lowest BCUT2D eigenvalue weighted by Gasteiger charge is -2.04. The molecule has 0 saturated carbocycles. The highest BCUT2D eigenvalue weighted by atomic mass is 35.5. The second-order valence-electron chi connectivity index (χ2n) is 3.55. The molecule has 100 valence electrons. The zero-order valence-corrected chi connectivity index (χ0v) is 11.4. The number of aromatic amines is 1. The van der Waals surface area contributed by atoms with Crippen LogP contribution >= 0.6 is 12.4 Å². The van der Waals surface area contributed by atoms with Crippen molar-refractivity contribution in [2.45, 2.75) is 4.90 Å². The van der Waals surface area contributed by atoms with Gasteiger partial charge in [-0.2, -0.15) is 0 Å². The first-order chi connectivity index (χ1) is 8.15. The minimum atomic E-state index is -3.48. The summed E-state index contributed by atoms with van der Waals surface area (Å²) in [5, 5.41) is 3.48. The molecule has 0 unspecified atom stereocenters. The number of nitrogens with one attached hydrogen (secondary N) is 3. The van der Waals surface area contributed by atoms with E-state index in [1.54, 1.807) is 25.4 Å². The third-order valence-electron chi connectivity index (χ3n) is 2.37. The number of halogens is 1. The van der Waals surface area contributed by atoms with Crippen LogP contribution in [0.15, 0.2) is 29.4 Å². The SMILES string of the molecule is CNCCNS(=O)(=O)c1c[nH]c2ncccc12.Cl. The Labute approximate surface area is 112 Å². The summed E-state index contributed by atoms with van der Waals surface area (Å²) in [4.78, 5) is 7.12. The summed E-state index contributed by atoms with van der Waals surface area (Å²) in [6.45, 7) is 0.936. The number of rotatable bonds is 5. The lowest BCUT2D eigenvalue weighted by Crippen LogP contribution is -2.30.